The van der Waals surface area contributed by atoms with Gasteiger partial charge in [-0.3, -0.25) is 4.79 Å². The lowest BCUT2D eigenvalue weighted by molar-refractivity contribution is -0.135. The minimum absolute atomic E-state index is 0.111. The molecular formula is C20H37NO. The molecule has 0 bridgehead atoms. The maximum Gasteiger partial charge on any atom is 0.225 e. The Labute approximate surface area is 138 Å². The zero-order valence-corrected chi connectivity index (χ0v) is 15.9. The number of allylic oxidation sites excluding steroid dienone is 2. The minimum atomic E-state index is 0.111. The van der Waals surface area contributed by atoms with E-state index in [1.807, 2.05) is 13.8 Å². The molecule has 0 spiro atoms. The SMILES string of the molecule is CCC(C)CN(CC1CC1(C)CCC=C(C)C)C(=O)C(C)C. The molecule has 2 nitrogen and oxygen atoms in total. The molecular weight excluding hydrogens is 270 g/mol. The van der Waals surface area contributed by atoms with Gasteiger partial charge in [0.05, 0.1) is 0 Å². The number of amides is 1. The van der Waals surface area contributed by atoms with E-state index in [2.05, 4.69) is 45.6 Å². The number of hydrogen-bond acceptors (Lipinski definition) is 1. The summed E-state index contributed by atoms with van der Waals surface area (Å²) in [5.41, 5.74) is 1.87. The van der Waals surface area contributed by atoms with Gasteiger partial charge in [0.15, 0.2) is 0 Å². The third-order valence-corrected chi connectivity index (χ3v) is 5.28. The average molecular weight is 308 g/mol. The highest BCUT2D eigenvalue weighted by molar-refractivity contribution is 5.78. The van der Waals surface area contributed by atoms with Crippen molar-refractivity contribution in [1.82, 2.24) is 4.90 Å². The van der Waals surface area contributed by atoms with Gasteiger partial charge in [0, 0.05) is 19.0 Å². The van der Waals surface area contributed by atoms with Gasteiger partial charge in [-0.05, 0) is 50.4 Å². The van der Waals surface area contributed by atoms with Crippen molar-refractivity contribution in [3.63, 3.8) is 0 Å². The first kappa shape index (κ1) is 19.3. The van der Waals surface area contributed by atoms with E-state index in [4.69, 9.17) is 0 Å². The number of nitrogens with zero attached hydrogens (tertiary/aromatic N) is 1. The molecule has 0 radical (unpaired) electrons. The van der Waals surface area contributed by atoms with Gasteiger partial charge in [-0.25, -0.2) is 0 Å². The van der Waals surface area contributed by atoms with Gasteiger partial charge >= 0.3 is 0 Å². The standard InChI is InChI=1S/C20H37NO/c1-8-17(6)13-21(19(22)16(4)5)14-18-12-20(18,7)11-9-10-15(2)3/h10,16-18H,8-9,11-14H2,1-7H3. The highest BCUT2D eigenvalue weighted by Crippen LogP contribution is 2.56. The summed E-state index contributed by atoms with van der Waals surface area (Å²) < 4.78 is 0. The van der Waals surface area contributed by atoms with Crippen LogP contribution < -0.4 is 0 Å². The molecule has 1 saturated carbocycles. The maximum atomic E-state index is 12.5. The van der Waals surface area contributed by atoms with Crippen molar-refractivity contribution in [2.45, 2.75) is 74.1 Å². The first-order valence-electron chi connectivity index (χ1n) is 9.11. The largest absolute Gasteiger partial charge is 0.342 e. The van der Waals surface area contributed by atoms with E-state index in [1.54, 1.807) is 0 Å². The highest BCUT2D eigenvalue weighted by atomic mass is 16.2. The molecule has 3 unspecified atom stereocenters. The molecule has 1 aliphatic rings. The van der Waals surface area contributed by atoms with Crippen LogP contribution in [0.25, 0.3) is 0 Å². The van der Waals surface area contributed by atoms with Crippen LogP contribution in [-0.2, 0) is 4.79 Å². The van der Waals surface area contributed by atoms with Crippen LogP contribution in [-0.4, -0.2) is 23.9 Å². The van der Waals surface area contributed by atoms with Crippen molar-refractivity contribution < 1.29 is 4.79 Å². The fraction of sp³-hybridized carbons (Fsp3) is 0.850. The Balaban J connectivity index is 2.56. The quantitative estimate of drug-likeness (QED) is 0.530. The Morgan fingerprint density at radius 2 is 1.95 bits per heavy atom. The minimum Gasteiger partial charge on any atom is -0.342 e. The van der Waals surface area contributed by atoms with Crippen LogP contribution in [0.5, 0.6) is 0 Å². The van der Waals surface area contributed by atoms with Gasteiger partial charge in [-0.1, -0.05) is 52.7 Å². The molecule has 1 rings (SSSR count). The average Bonchev–Trinajstić information content (AvgIpc) is 3.06. The van der Waals surface area contributed by atoms with Crippen molar-refractivity contribution in [3.05, 3.63) is 11.6 Å². The van der Waals surface area contributed by atoms with Crippen molar-refractivity contribution in [2.75, 3.05) is 13.1 Å². The number of carbonyl (C=O) groups is 1. The summed E-state index contributed by atoms with van der Waals surface area (Å²) in [5, 5.41) is 0. The van der Waals surface area contributed by atoms with E-state index in [1.165, 1.54) is 24.8 Å². The predicted octanol–water partition coefficient (Wildman–Crippen LogP) is 5.29. The van der Waals surface area contributed by atoms with E-state index >= 15 is 0 Å². The highest BCUT2D eigenvalue weighted by Gasteiger charge is 2.49. The van der Waals surface area contributed by atoms with Crippen molar-refractivity contribution >= 4 is 5.91 Å². The summed E-state index contributed by atoms with van der Waals surface area (Å²) >= 11 is 0. The molecule has 1 amide bonds. The zero-order valence-electron chi connectivity index (χ0n) is 15.9. The number of hydrogen-bond donors (Lipinski definition) is 0. The molecule has 0 aromatic carbocycles. The van der Waals surface area contributed by atoms with Gasteiger partial charge in [-0.2, -0.15) is 0 Å². The summed E-state index contributed by atoms with van der Waals surface area (Å²) in [6.07, 6.45) is 7.21. The summed E-state index contributed by atoms with van der Waals surface area (Å²) in [6, 6.07) is 0. The van der Waals surface area contributed by atoms with Gasteiger partial charge in [0.2, 0.25) is 5.91 Å². The molecule has 0 aromatic rings. The molecule has 0 aliphatic heterocycles. The third-order valence-electron chi connectivity index (χ3n) is 5.28. The summed E-state index contributed by atoms with van der Waals surface area (Å²) in [6.45, 7) is 17.1. The molecule has 128 valence electrons. The van der Waals surface area contributed by atoms with E-state index in [0.29, 0.717) is 23.2 Å². The smallest absolute Gasteiger partial charge is 0.225 e. The van der Waals surface area contributed by atoms with E-state index in [0.717, 1.165) is 19.5 Å². The van der Waals surface area contributed by atoms with E-state index < -0.39 is 0 Å². The topological polar surface area (TPSA) is 20.3 Å². The Kier molecular flexibility index (Phi) is 7.15. The molecule has 2 heteroatoms. The van der Waals surface area contributed by atoms with Crippen molar-refractivity contribution in [3.8, 4) is 0 Å². The summed E-state index contributed by atoms with van der Waals surface area (Å²) in [4.78, 5) is 14.6. The molecule has 0 saturated heterocycles. The fourth-order valence-electron chi connectivity index (χ4n) is 3.18. The summed E-state index contributed by atoms with van der Waals surface area (Å²) in [7, 11) is 0. The van der Waals surface area contributed by atoms with Crippen LogP contribution in [0.1, 0.15) is 74.1 Å². The van der Waals surface area contributed by atoms with Crippen LogP contribution in [0.3, 0.4) is 0 Å². The first-order valence-corrected chi connectivity index (χ1v) is 9.11. The van der Waals surface area contributed by atoms with E-state index in [9.17, 15) is 4.79 Å². The van der Waals surface area contributed by atoms with Crippen LogP contribution in [0.2, 0.25) is 0 Å². The van der Waals surface area contributed by atoms with Crippen molar-refractivity contribution in [2.24, 2.45) is 23.2 Å². The van der Waals surface area contributed by atoms with Crippen LogP contribution >= 0.6 is 0 Å². The molecule has 0 N–H and O–H groups in total. The Hall–Kier alpha value is -0.790. The van der Waals surface area contributed by atoms with Gasteiger partial charge < -0.3 is 4.90 Å². The fourth-order valence-corrected chi connectivity index (χ4v) is 3.18. The molecule has 1 fully saturated rings. The molecule has 0 heterocycles. The molecule has 1 aliphatic carbocycles. The number of rotatable bonds is 9. The molecule has 22 heavy (non-hydrogen) atoms. The van der Waals surface area contributed by atoms with Gasteiger partial charge in [-0.15, -0.1) is 0 Å². The van der Waals surface area contributed by atoms with Crippen LogP contribution in [0, 0.1) is 23.2 Å². The second-order valence-corrected chi connectivity index (χ2v) is 8.29. The lowest BCUT2D eigenvalue weighted by atomic mass is 9.98. The predicted molar refractivity (Wildman–Crippen MR) is 95.8 cm³/mol. The zero-order chi connectivity index (χ0) is 16.9. The Morgan fingerprint density at radius 1 is 1.32 bits per heavy atom. The monoisotopic (exact) mass is 307 g/mol. The number of carbonyl (C=O) groups excluding carboxylic acids is 1. The van der Waals surface area contributed by atoms with E-state index in [-0.39, 0.29) is 5.92 Å². The second-order valence-electron chi connectivity index (χ2n) is 8.29. The second kappa shape index (κ2) is 8.17. The van der Waals surface area contributed by atoms with Gasteiger partial charge in [0.25, 0.3) is 0 Å². The third kappa shape index (κ3) is 5.78. The normalized spacial score (nSPS) is 25.0. The molecule has 3 atom stereocenters. The van der Waals surface area contributed by atoms with Crippen molar-refractivity contribution in [1.29, 1.82) is 0 Å². The first-order chi connectivity index (χ1) is 10.2. The lowest BCUT2D eigenvalue weighted by Gasteiger charge is -2.28. The molecule has 0 aromatic heterocycles. The Morgan fingerprint density at radius 3 is 2.45 bits per heavy atom. The lowest BCUT2D eigenvalue weighted by Crippen LogP contribution is -2.39. The Bertz CT molecular complexity index is 395. The van der Waals surface area contributed by atoms with Crippen LogP contribution in [0.4, 0.5) is 0 Å². The summed E-state index contributed by atoms with van der Waals surface area (Å²) in [5.74, 6) is 1.74. The van der Waals surface area contributed by atoms with Gasteiger partial charge in [0.1, 0.15) is 0 Å². The maximum absolute atomic E-state index is 12.5. The van der Waals surface area contributed by atoms with Crippen LogP contribution in [0.15, 0.2) is 11.6 Å².